The van der Waals surface area contributed by atoms with Crippen molar-refractivity contribution in [2.24, 2.45) is 0 Å². The summed E-state index contributed by atoms with van der Waals surface area (Å²) in [7, 11) is 0. The molecule has 1 aromatic carbocycles. The standard InChI is InChI=1S/C20H20FN5/c21-15-6-3-9-17(11-15)23-19-12-18(14-5-4-10-22-13-14)25-20(26-19)24-16-7-1-2-8-16/h3-6,9-13,16H,1-2,7-8H2,(H2,23,24,25,26). The second kappa shape index (κ2) is 7.47. The monoisotopic (exact) mass is 349 g/mol. The van der Waals surface area contributed by atoms with Crippen LogP contribution in [0.4, 0.5) is 21.8 Å². The van der Waals surface area contributed by atoms with E-state index in [1.165, 1.54) is 25.0 Å². The Morgan fingerprint density at radius 1 is 1.00 bits per heavy atom. The van der Waals surface area contributed by atoms with Crippen molar-refractivity contribution in [2.75, 3.05) is 10.6 Å². The summed E-state index contributed by atoms with van der Waals surface area (Å²) in [4.78, 5) is 13.4. The fourth-order valence-electron chi connectivity index (χ4n) is 3.20. The maximum Gasteiger partial charge on any atom is 0.225 e. The van der Waals surface area contributed by atoms with Gasteiger partial charge in [0, 0.05) is 35.8 Å². The van der Waals surface area contributed by atoms with Crippen LogP contribution in [0.25, 0.3) is 11.3 Å². The molecule has 26 heavy (non-hydrogen) atoms. The smallest absolute Gasteiger partial charge is 0.225 e. The molecule has 3 aromatic rings. The van der Waals surface area contributed by atoms with Crippen molar-refractivity contribution in [3.63, 3.8) is 0 Å². The van der Waals surface area contributed by atoms with Gasteiger partial charge >= 0.3 is 0 Å². The van der Waals surface area contributed by atoms with E-state index in [0.29, 0.717) is 23.5 Å². The first-order chi connectivity index (χ1) is 12.8. The Kier molecular flexibility index (Phi) is 4.73. The molecule has 4 rings (SSSR count). The van der Waals surface area contributed by atoms with Gasteiger partial charge in [-0.3, -0.25) is 4.98 Å². The first-order valence-electron chi connectivity index (χ1n) is 8.85. The largest absolute Gasteiger partial charge is 0.351 e. The van der Waals surface area contributed by atoms with Crippen LogP contribution in [0.15, 0.2) is 54.9 Å². The van der Waals surface area contributed by atoms with Crippen molar-refractivity contribution in [3.05, 3.63) is 60.7 Å². The quantitative estimate of drug-likeness (QED) is 0.694. The Bertz CT molecular complexity index is 878. The lowest BCUT2D eigenvalue weighted by atomic mass is 10.2. The SMILES string of the molecule is Fc1cccc(Nc2cc(-c3cccnc3)nc(NC3CCCC3)n2)c1. The highest BCUT2D eigenvalue weighted by molar-refractivity contribution is 5.66. The number of benzene rings is 1. The lowest BCUT2D eigenvalue weighted by molar-refractivity contribution is 0.628. The van der Waals surface area contributed by atoms with Gasteiger partial charge in [0.1, 0.15) is 11.6 Å². The molecule has 6 heteroatoms. The van der Waals surface area contributed by atoms with Gasteiger partial charge in [-0.1, -0.05) is 18.9 Å². The molecule has 5 nitrogen and oxygen atoms in total. The number of hydrogen-bond acceptors (Lipinski definition) is 5. The predicted molar refractivity (Wildman–Crippen MR) is 101 cm³/mol. The lowest BCUT2D eigenvalue weighted by Crippen LogP contribution is -2.17. The van der Waals surface area contributed by atoms with E-state index in [0.717, 1.165) is 24.1 Å². The molecule has 2 heterocycles. The van der Waals surface area contributed by atoms with E-state index in [-0.39, 0.29) is 5.82 Å². The molecule has 2 N–H and O–H groups in total. The third kappa shape index (κ3) is 3.96. The van der Waals surface area contributed by atoms with E-state index in [1.54, 1.807) is 24.5 Å². The first-order valence-corrected chi connectivity index (χ1v) is 8.85. The number of anilines is 3. The first kappa shape index (κ1) is 16.4. The van der Waals surface area contributed by atoms with Crippen molar-refractivity contribution in [1.29, 1.82) is 0 Å². The molecule has 1 aliphatic carbocycles. The number of halogens is 1. The molecule has 0 amide bonds. The van der Waals surface area contributed by atoms with Crippen LogP contribution < -0.4 is 10.6 Å². The van der Waals surface area contributed by atoms with Gasteiger partial charge in [-0.05, 0) is 43.2 Å². The zero-order valence-corrected chi connectivity index (χ0v) is 14.3. The maximum atomic E-state index is 13.5. The zero-order chi connectivity index (χ0) is 17.8. The Morgan fingerprint density at radius 3 is 2.65 bits per heavy atom. The third-order valence-corrected chi connectivity index (χ3v) is 4.47. The third-order valence-electron chi connectivity index (χ3n) is 4.47. The second-order valence-corrected chi connectivity index (χ2v) is 6.46. The van der Waals surface area contributed by atoms with Gasteiger partial charge in [0.15, 0.2) is 0 Å². The summed E-state index contributed by atoms with van der Waals surface area (Å²) in [5, 5.41) is 6.60. The van der Waals surface area contributed by atoms with Crippen molar-refractivity contribution in [1.82, 2.24) is 15.0 Å². The number of pyridine rings is 1. The Morgan fingerprint density at radius 2 is 1.88 bits per heavy atom. The highest BCUT2D eigenvalue weighted by Crippen LogP contribution is 2.26. The summed E-state index contributed by atoms with van der Waals surface area (Å²) >= 11 is 0. The molecule has 0 aliphatic heterocycles. The topological polar surface area (TPSA) is 62.7 Å². The van der Waals surface area contributed by atoms with Crippen molar-refractivity contribution in [2.45, 2.75) is 31.7 Å². The van der Waals surface area contributed by atoms with E-state index in [1.807, 2.05) is 18.2 Å². The normalized spacial score (nSPS) is 14.3. The molecule has 0 radical (unpaired) electrons. The van der Waals surface area contributed by atoms with Gasteiger partial charge in [-0.25, -0.2) is 9.37 Å². The highest BCUT2D eigenvalue weighted by atomic mass is 19.1. The minimum Gasteiger partial charge on any atom is -0.351 e. The van der Waals surface area contributed by atoms with Crippen LogP contribution in [0, 0.1) is 5.82 Å². The van der Waals surface area contributed by atoms with Crippen LogP contribution in [0.3, 0.4) is 0 Å². The van der Waals surface area contributed by atoms with Crippen LogP contribution in [0.2, 0.25) is 0 Å². The van der Waals surface area contributed by atoms with E-state index in [2.05, 4.69) is 25.6 Å². The average Bonchev–Trinajstić information content (AvgIpc) is 3.15. The highest BCUT2D eigenvalue weighted by Gasteiger charge is 2.17. The van der Waals surface area contributed by atoms with Gasteiger partial charge < -0.3 is 10.6 Å². The number of nitrogens with zero attached hydrogens (tertiary/aromatic N) is 3. The number of rotatable bonds is 5. The maximum absolute atomic E-state index is 13.5. The van der Waals surface area contributed by atoms with Crippen molar-refractivity contribution >= 4 is 17.5 Å². The van der Waals surface area contributed by atoms with E-state index in [4.69, 9.17) is 0 Å². The minimum atomic E-state index is -0.291. The number of nitrogens with one attached hydrogen (secondary N) is 2. The molecule has 0 unspecified atom stereocenters. The molecular weight excluding hydrogens is 329 g/mol. The van der Waals surface area contributed by atoms with Crippen LogP contribution in [0.1, 0.15) is 25.7 Å². The van der Waals surface area contributed by atoms with Gasteiger partial charge in [-0.15, -0.1) is 0 Å². The molecule has 0 atom stereocenters. The molecule has 0 saturated heterocycles. The van der Waals surface area contributed by atoms with E-state index in [9.17, 15) is 4.39 Å². The molecule has 0 spiro atoms. The molecule has 1 aliphatic rings. The van der Waals surface area contributed by atoms with Crippen molar-refractivity contribution < 1.29 is 4.39 Å². The summed E-state index contributed by atoms with van der Waals surface area (Å²) in [6.07, 6.45) is 8.23. The summed E-state index contributed by atoms with van der Waals surface area (Å²) < 4.78 is 13.5. The minimum absolute atomic E-state index is 0.291. The summed E-state index contributed by atoms with van der Waals surface area (Å²) in [5.41, 5.74) is 2.33. The predicted octanol–water partition coefficient (Wildman–Crippen LogP) is 4.78. The lowest BCUT2D eigenvalue weighted by Gasteiger charge is -2.15. The molecule has 132 valence electrons. The van der Waals surface area contributed by atoms with Gasteiger partial charge in [0.05, 0.1) is 5.69 Å². The average molecular weight is 349 g/mol. The Labute approximate surface area is 151 Å². The fraction of sp³-hybridized carbons (Fsp3) is 0.250. The Balaban J connectivity index is 1.67. The molecular formula is C20H20FN5. The molecule has 2 aromatic heterocycles. The van der Waals surface area contributed by atoms with E-state index >= 15 is 0 Å². The van der Waals surface area contributed by atoms with Crippen LogP contribution in [0.5, 0.6) is 0 Å². The van der Waals surface area contributed by atoms with Crippen LogP contribution in [-0.4, -0.2) is 21.0 Å². The van der Waals surface area contributed by atoms with Crippen LogP contribution >= 0.6 is 0 Å². The molecule has 1 fully saturated rings. The molecule has 1 saturated carbocycles. The van der Waals surface area contributed by atoms with Gasteiger partial charge in [-0.2, -0.15) is 4.98 Å². The van der Waals surface area contributed by atoms with Gasteiger partial charge in [0.25, 0.3) is 0 Å². The summed E-state index contributed by atoms with van der Waals surface area (Å²) in [5.74, 6) is 0.906. The van der Waals surface area contributed by atoms with Gasteiger partial charge in [0.2, 0.25) is 5.95 Å². The van der Waals surface area contributed by atoms with E-state index < -0.39 is 0 Å². The summed E-state index contributed by atoms with van der Waals surface area (Å²) in [6.45, 7) is 0. The summed E-state index contributed by atoms with van der Waals surface area (Å²) in [6, 6.07) is 12.4. The number of hydrogen-bond donors (Lipinski definition) is 2. The Hall–Kier alpha value is -3.02. The second-order valence-electron chi connectivity index (χ2n) is 6.46. The van der Waals surface area contributed by atoms with Crippen LogP contribution in [-0.2, 0) is 0 Å². The molecule has 0 bridgehead atoms. The van der Waals surface area contributed by atoms with Crippen molar-refractivity contribution in [3.8, 4) is 11.3 Å². The fourth-order valence-corrected chi connectivity index (χ4v) is 3.20. The zero-order valence-electron chi connectivity index (χ0n) is 14.3. The number of aromatic nitrogens is 3.